The van der Waals surface area contributed by atoms with Crippen molar-refractivity contribution < 1.29 is 27.1 Å². The third-order valence-corrected chi connectivity index (χ3v) is 32.1. The van der Waals surface area contributed by atoms with Gasteiger partial charge in [-0.05, 0) is 64.2 Å². The minimum absolute atomic E-state index is 0.0245. The van der Waals surface area contributed by atoms with Gasteiger partial charge < -0.3 is 0 Å². The van der Waals surface area contributed by atoms with Crippen molar-refractivity contribution in [1.82, 2.24) is 60.8 Å². The largest absolute Gasteiger partial charge is 0.438 e. The molecule has 150 heavy (non-hydrogen) atoms. The molecule has 876 valence electrons. The van der Waals surface area contributed by atoms with E-state index in [9.17, 15) is 28.8 Å². The summed E-state index contributed by atoms with van der Waals surface area (Å²) in [7, 11) is 0. The van der Waals surface area contributed by atoms with Gasteiger partial charge in [0.05, 0.1) is 0 Å². The number of unbranched alkanes of at least 4 members (excludes halogenated alkanes) is 79. The number of nitrogens with one attached hydrogen (secondary N) is 6. The standard InChI is InChI=1S/C23H44N2O2.C22H42N2O2.2C21H40N2O2.C20H38N2O2.C19H36N2O2/c1-4-7-8-9-10-11-12-13-14-15-16-17-18-19-20-23(5-2,6-3)21-24-22(26)27-25-21;1-4-6-7-8-9-10-11-12-13-14-15-16-17-18-19-22(3,5-2)20-23-21(25)26-24-20;1-4-5-6-7-8-9-10-11-12-13-14-15-16-17-18-21(2,3)19-22-20(24)25-23-19;1-3-5-6-7-8-9-10-11-12-13-14-15-16-17-18-19(4-2)20-22-21(24)25-23-20;1-3-4-5-6-7-8-9-10-11-12-13-14-15-16-17-18(2)19-21-20(23)24-22-19;1-2-3-4-5-6-7-8-9-10-11-12-13-14-15-16-17-18-20-19(22)23-21-18/h4-20H2,1-3H3,(H,24,25,26);4-19H2,1-3H3,(H,23,24,25);4-18H2,1-3H3,(H,22,23,24);19H,3-18H2,1-2H3,(H,22,23,24);18H,3-17H2,1-2H3,(H,21,22,23);2-17H2,1H3,(H,20,21,22). The zero-order chi connectivity index (χ0) is 109. The smallest absolute Gasteiger partial charge is 0.296 e. The van der Waals surface area contributed by atoms with Crippen molar-refractivity contribution in [1.29, 1.82) is 0 Å². The summed E-state index contributed by atoms with van der Waals surface area (Å²) >= 11 is 0. The van der Waals surface area contributed by atoms with E-state index in [1.807, 2.05) is 0 Å². The number of rotatable bonds is 100. The predicted octanol–water partition coefficient (Wildman–Crippen LogP) is 39.5. The molecule has 0 spiro atoms. The molecule has 0 bridgehead atoms. The first-order chi connectivity index (χ1) is 73.2. The number of nitrogens with zero attached hydrogens (tertiary/aromatic N) is 6. The van der Waals surface area contributed by atoms with E-state index in [2.05, 4.69) is 180 Å². The molecule has 0 aliphatic rings. The van der Waals surface area contributed by atoms with Crippen molar-refractivity contribution in [2.75, 3.05) is 0 Å². The zero-order valence-electron chi connectivity index (χ0n) is 100. The molecular formula is C126H240N12O12. The van der Waals surface area contributed by atoms with Crippen LogP contribution in [0.4, 0.5) is 0 Å². The molecule has 0 radical (unpaired) electrons. The van der Waals surface area contributed by atoms with Crippen LogP contribution in [0.25, 0.3) is 0 Å². The number of aromatic nitrogens is 12. The molecule has 6 heterocycles. The van der Waals surface area contributed by atoms with E-state index in [4.69, 9.17) is 4.52 Å². The number of hydrogen-bond donors (Lipinski definition) is 6. The van der Waals surface area contributed by atoms with Gasteiger partial charge in [-0.15, -0.1) is 0 Å². The molecule has 6 N–H and O–H groups in total. The molecule has 3 unspecified atom stereocenters. The van der Waals surface area contributed by atoms with Crippen LogP contribution in [0.2, 0.25) is 0 Å². The Morgan fingerprint density at radius 3 is 0.693 bits per heavy atom. The predicted molar refractivity (Wildman–Crippen MR) is 630 cm³/mol. The lowest BCUT2D eigenvalue weighted by Crippen LogP contribution is -2.26. The maximum atomic E-state index is 11.3. The van der Waals surface area contributed by atoms with Gasteiger partial charge in [-0.25, -0.2) is 28.8 Å². The summed E-state index contributed by atoms with van der Waals surface area (Å²) in [6.45, 7) is 30.8. The normalized spacial score (nSPS) is 12.4. The molecule has 0 saturated heterocycles. The quantitative estimate of drug-likeness (QED) is 0.0193. The number of aromatic amines is 6. The average molecular weight is 2120 g/mol. The van der Waals surface area contributed by atoms with Gasteiger partial charge in [0.1, 0.15) is 0 Å². The van der Waals surface area contributed by atoms with Crippen LogP contribution in [0, 0.1) is 0 Å². The summed E-state index contributed by atoms with van der Waals surface area (Å²) in [6.07, 6.45) is 127. The van der Waals surface area contributed by atoms with E-state index in [-0.39, 0.29) is 22.2 Å². The molecule has 0 aliphatic heterocycles. The van der Waals surface area contributed by atoms with Crippen molar-refractivity contribution >= 4 is 0 Å². The lowest BCUT2D eigenvalue weighted by molar-refractivity contribution is 0.305. The van der Waals surface area contributed by atoms with Gasteiger partial charge in [-0.3, -0.25) is 57.0 Å². The minimum Gasteiger partial charge on any atom is -0.296 e. The van der Waals surface area contributed by atoms with E-state index in [0.717, 1.165) is 82.3 Å². The first kappa shape index (κ1) is 142. The topological polar surface area (TPSA) is 353 Å². The van der Waals surface area contributed by atoms with Crippen LogP contribution in [0.3, 0.4) is 0 Å². The molecule has 0 saturated carbocycles. The highest BCUT2D eigenvalue weighted by atomic mass is 16.5. The molecule has 3 atom stereocenters. The third kappa shape index (κ3) is 82.2. The van der Waals surface area contributed by atoms with Crippen molar-refractivity contribution in [3.63, 3.8) is 0 Å². The summed E-state index contributed by atoms with van der Waals surface area (Å²) in [5.74, 6) is 2.19. The van der Waals surface area contributed by atoms with Crippen LogP contribution >= 0.6 is 0 Å². The van der Waals surface area contributed by atoms with E-state index >= 15 is 0 Å². The number of H-pyrrole nitrogens is 6. The molecular weight excluding hydrogens is 1870 g/mol. The van der Waals surface area contributed by atoms with Crippen LogP contribution in [-0.4, -0.2) is 60.8 Å². The Hall–Kier alpha value is -6.36. The SMILES string of the molecule is CCCCCCCCCCCCCCCCC(C)(C)c1noc(=O)[nH]1.CCCCCCCCCCCCCCCCC(C)(CC)c1noc(=O)[nH]1.CCCCCCCCCCCCCCCCC(C)c1noc(=O)[nH]1.CCCCCCCCCCCCCCCCC(CC)(CC)c1noc(=O)[nH]1.CCCCCCCCCCCCCCCCC(CC)c1noc(=O)[nH]1.CCCCCCCCCCCCCCCCCc1noc(=O)[nH]1. The molecule has 24 heteroatoms. The van der Waals surface area contributed by atoms with Crippen LogP contribution in [0.1, 0.15) is 747 Å². The van der Waals surface area contributed by atoms with E-state index in [0.29, 0.717) is 29.2 Å². The first-order valence-electron chi connectivity index (χ1n) is 64.6. The van der Waals surface area contributed by atoms with Crippen LogP contribution in [-0.2, 0) is 22.7 Å². The second-order valence-electron chi connectivity index (χ2n) is 46.1. The Balaban J connectivity index is 0.000000901. The van der Waals surface area contributed by atoms with Crippen LogP contribution in [0.5, 0.6) is 0 Å². The highest BCUT2D eigenvalue weighted by Gasteiger charge is 2.33. The number of aryl methyl sites for hydroxylation is 1. The van der Waals surface area contributed by atoms with Gasteiger partial charge in [0.25, 0.3) is 0 Å². The van der Waals surface area contributed by atoms with Gasteiger partial charge in [-0.1, -0.05) is 667 Å². The van der Waals surface area contributed by atoms with Gasteiger partial charge in [-0.2, -0.15) is 0 Å². The summed E-state index contributed by atoms with van der Waals surface area (Å²) < 4.78 is 27.7. The fourth-order valence-electron chi connectivity index (χ4n) is 21.0. The summed E-state index contributed by atoms with van der Waals surface area (Å²) in [5.41, 5.74) is -0.199. The summed E-state index contributed by atoms with van der Waals surface area (Å²) in [5, 5.41) is 23.0. The van der Waals surface area contributed by atoms with E-state index in [1.54, 1.807) is 0 Å². The van der Waals surface area contributed by atoms with Crippen molar-refractivity contribution in [3.05, 3.63) is 98.3 Å². The van der Waals surface area contributed by atoms with Crippen molar-refractivity contribution in [2.24, 2.45) is 0 Å². The summed E-state index contributed by atoms with van der Waals surface area (Å²) in [4.78, 5) is 82.3. The second kappa shape index (κ2) is 103. The Bertz CT molecular complexity index is 4110. The molecule has 0 fully saturated rings. The van der Waals surface area contributed by atoms with Crippen LogP contribution in [0.15, 0.2) is 55.9 Å². The van der Waals surface area contributed by atoms with E-state index in [1.165, 1.54) is 539 Å². The molecule has 6 aromatic heterocycles. The highest BCUT2D eigenvalue weighted by molar-refractivity contribution is 5.05. The lowest BCUT2D eigenvalue weighted by Gasteiger charge is -2.28. The van der Waals surface area contributed by atoms with Gasteiger partial charge in [0.15, 0.2) is 34.9 Å². The maximum Gasteiger partial charge on any atom is 0.438 e. The lowest BCUT2D eigenvalue weighted by atomic mass is 9.77. The fraction of sp³-hybridized carbons (Fsp3) is 0.905. The fourth-order valence-corrected chi connectivity index (χ4v) is 21.0. The highest BCUT2D eigenvalue weighted by Crippen LogP contribution is 2.36. The monoisotopic (exact) mass is 2110 g/mol. The summed E-state index contributed by atoms with van der Waals surface area (Å²) in [6, 6.07) is 0. The van der Waals surface area contributed by atoms with Crippen LogP contribution < -0.4 is 34.5 Å². The molecule has 24 nitrogen and oxygen atoms in total. The minimum atomic E-state index is -0.455. The van der Waals surface area contributed by atoms with E-state index < -0.39 is 34.5 Å². The first-order valence-corrected chi connectivity index (χ1v) is 64.6. The van der Waals surface area contributed by atoms with Crippen molar-refractivity contribution in [2.45, 2.75) is 735 Å². The molecule has 6 rings (SSSR count). The van der Waals surface area contributed by atoms with Gasteiger partial charge in [0.2, 0.25) is 0 Å². The van der Waals surface area contributed by atoms with Gasteiger partial charge >= 0.3 is 34.5 Å². The van der Waals surface area contributed by atoms with Gasteiger partial charge in [0, 0.05) is 34.5 Å². The average Bonchev–Trinajstić information content (AvgIpc) is 1.66. The second-order valence-corrected chi connectivity index (χ2v) is 46.1. The molecule has 0 aliphatic carbocycles. The molecule has 0 amide bonds. The number of hydrogen-bond acceptors (Lipinski definition) is 18. The maximum absolute atomic E-state index is 11.3. The molecule has 0 aromatic carbocycles. The molecule has 6 aromatic rings. The Morgan fingerprint density at radius 1 is 0.213 bits per heavy atom. The Kier molecular flexibility index (Phi) is 97.3. The Morgan fingerprint density at radius 2 is 0.440 bits per heavy atom. The third-order valence-electron chi connectivity index (χ3n) is 32.1. The Labute approximate surface area is 915 Å². The van der Waals surface area contributed by atoms with Crippen molar-refractivity contribution in [3.8, 4) is 0 Å². The zero-order valence-corrected chi connectivity index (χ0v) is 100.